The fourth-order valence-electron chi connectivity index (χ4n) is 2.39. The summed E-state index contributed by atoms with van der Waals surface area (Å²) in [5, 5.41) is 20.6. The highest BCUT2D eigenvalue weighted by Gasteiger charge is 2.20. The van der Waals surface area contributed by atoms with Crippen LogP contribution in [0.5, 0.6) is 11.5 Å². The first kappa shape index (κ1) is 17.5. The largest absolute Gasteiger partial charge is 0.486 e. The number of anilines is 1. The number of hydrogen-bond acceptors (Lipinski definition) is 6. The maximum absolute atomic E-state index is 12.9. The number of nitrogens with one attached hydrogen (secondary N) is 1. The van der Waals surface area contributed by atoms with Gasteiger partial charge in [0.1, 0.15) is 30.9 Å². The molecule has 2 aromatic rings. The molecule has 128 valence electrons. The fraction of sp³-hybridized carbons (Fsp3) is 0.105. The molecule has 1 N–H and O–H groups in total. The second kappa shape index (κ2) is 7.73. The van der Waals surface area contributed by atoms with Gasteiger partial charge in [0.25, 0.3) is 0 Å². The Morgan fingerprint density at radius 3 is 2.31 bits per heavy atom. The minimum absolute atomic E-state index is 0.109. The van der Waals surface area contributed by atoms with Crippen molar-refractivity contribution in [1.29, 1.82) is 10.5 Å². The van der Waals surface area contributed by atoms with Gasteiger partial charge in [-0.05, 0) is 30.3 Å². The molecular formula is C19H12BrN3O3. The van der Waals surface area contributed by atoms with Crippen molar-refractivity contribution in [3.8, 4) is 23.6 Å². The van der Waals surface area contributed by atoms with Gasteiger partial charge in [0.15, 0.2) is 17.3 Å². The maximum atomic E-state index is 12.9. The molecule has 0 spiro atoms. The Morgan fingerprint density at radius 1 is 1.08 bits per heavy atom. The topological polar surface area (TPSA) is 95.1 Å². The molecule has 0 radical (unpaired) electrons. The highest BCUT2D eigenvalue weighted by Crippen LogP contribution is 2.36. The van der Waals surface area contributed by atoms with Crippen LogP contribution in [0.2, 0.25) is 0 Å². The molecule has 0 fully saturated rings. The van der Waals surface area contributed by atoms with Gasteiger partial charge in [-0.1, -0.05) is 15.9 Å². The Hall–Kier alpha value is -3.29. The average molecular weight is 410 g/mol. The summed E-state index contributed by atoms with van der Waals surface area (Å²) in [5.41, 5.74) is 1.16. The molecule has 0 atom stereocenters. The molecular weight excluding hydrogens is 398 g/mol. The maximum Gasteiger partial charge on any atom is 0.195 e. The predicted molar refractivity (Wildman–Crippen MR) is 97.9 cm³/mol. The van der Waals surface area contributed by atoms with Crippen LogP contribution >= 0.6 is 15.9 Å². The monoisotopic (exact) mass is 409 g/mol. The van der Waals surface area contributed by atoms with E-state index in [1.165, 1.54) is 6.20 Å². The highest BCUT2D eigenvalue weighted by atomic mass is 79.9. The molecule has 0 amide bonds. The minimum Gasteiger partial charge on any atom is -0.486 e. The lowest BCUT2D eigenvalue weighted by Crippen LogP contribution is -2.17. The number of fused-ring (bicyclic) bond motifs is 1. The van der Waals surface area contributed by atoms with Crippen molar-refractivity contribution in [2.24, 2.45) is 0 Å². The molecule has 0 aliphatic carbocycles. The summed E-state index contributed by atoms with van der Waals surface area (Å²) in [6.45, 7) is 0.808. The molecule has 2 aromatic carbocycles. The number of ether oxygens (including phenoxy) is 2. The number of nitriles is 2. The Morgan fingerprint density at radius 2 is 1.69 bits per heavy atom. The third-order valence-electron chi connectivity index (χ3n) is 3.65. The number of halogens is 1. The molecule has 1 aliphatic rings. The van der Waals surface area contributed by atoms with Gasteiger partial charge in [-0.15, -0.1) is 0 Å². The molecule has 0 saturated carbocycles. The van der Waals surface area contributed by atoms with E-state index >= 15 is 0 Å². The number of nitrogens with zero attached hydrogens (tertiary/aromatic N) is 2. The van der Waals surface area contributed by atoms with Crippen LogP contribution < -0.4 is 14.8 Å². The second-order valence-corrected chi connectivity index (χ2v) is 6.22. The smallest absolute Gasteiger partial charge is 0.195 e. The van der Waals surface area contributed by atoms with Crippen molar-refractivity contribution in [3.63, 3.8) is 0 Å². The van der Waals surface area contributed by atoms with Crippen LogP contribution in [0.15, 0.2) is 52.6 Å². The van der Waals surface area contributed by atoms with E-state index in [2.05, 4.69) is 21.2 Å². The number of ketones is 1. The van der Waals surface area contributed by atoms with Gasteiger partial charge >= 0.3 is 0 Å². The fourth-order valence-corrected chi connectivity index (χ4v) is 2.66. The Labute approximate surface area is 158 Å². The highest BCUT2D eigenvalue weighted by molar-refractivity contribution is 9.10. The molecule has 0 aromatic heterocycles. The normalized spacial score (nSPS) is 11.7. The summed E-state index contributed by atoms with van der Waals surface area (Å²) < 4.78 is 12.0. The van der Waals surface area contributed by atoms with Crippen molar-refractivity contribution in [2.45, 2.75) is 0 Å². The molecule has 7 heteroatoms. The third kappa shape index (κ3) is 3.69. The number of benzene rings is 2. The van der Waals surface area contributed by atoms with Crippen LogP contribution in [0.3, 0.4) is 0 Å². The van der Waals surface area contributed by atoms with Gasteiger partial charge in [0.2, 0.25) is 0 Å². The van der Waals surface area contributed by atoms with Crippen LogP contribution in [0.1, 0.15) is 15.9 Å². The average Bonchev–Trinajstić information content (AvgIpc) is 2.68. The summed E-state index contributed by atoms with van der Waals surface area (Å²) in [4.78, 5) is 12.9. The van der Waals surface area contributed by atoms with E-state index in [1.54, 1.807) is 48.5 Å². The van der Waals surface area contributed by atoms with E-state index in [9.17, 15) is 4.79 Å². The SMILES string of the molecule is N#CC(C#N)=CNc1cc2c(cc1C(=O)c1ccc(Br)cc1)OCCO2. The van der Waals surface area contributed by atoms with E-state index in [1.807, 2.05) is 0 Å². The zero-order valence-corrected chi connectivity index (χ0v) is 15.0. The van der Waals surface area contributed by atoms with Gasteiger partial charge in [-0.2, -0.15) is 10.5 Å². The van der Waals surface area contributed by atoms with Crippen molar-refractivity contribution >= 4 is 27.4 Å². The first-order valence-electron chi connectivity index (χ1n) is 7.63. The predicted octanol–water partition coefficient (Wildman–Crippen LogP) is 3.79. The van der Waals surface area contributed by atoms with Gasteiger partial charge in [0.05, 0.1) is 5.69 Å². The Kier molecular flexibility index (Phi) is 5.21. The number of rotatable bonds is 4. The van der Waals surface area contributed by atoms with E-state index in [0.29, 0.717) is 41.5 Å². The zero-order valence-electron chi connectivity index (χ0n) is 13.5. The molecule has 0 bridgehead atoms. The quantitative estimate of drug-likeness (QED) is 0.609. The number of allylic oxidation sites excluding steroid dienone is 1. The first-order chi connectivity index (χ1) is 12.6. The van der Waals surface area contributed by atoms with Crippen LogP contribution in [-0.4, -0.2) is 19.0 Å². The summed E-state index contributed by atoms with van der Waals surface area (Å²) in [6.07, 6.45) is 1.25. The molecule has 1 heterocycles. The van der Waals surface area contributed by atoms with Crippen LogP contribution in [0, 0.1) is 22.7 Å². The number of carbonyl (C=O) groups is 1. The molecule has 0 unspecified atom stereocenters. The van der Waals surface area contributed by atoms with Gasteiger partial charge in [-0.3, -0.25) is 4.79 Å². The summed E-state index contributed by atoms with van der Waals surface area (Å²) >= 11 is 3.34. The van der Waals surface area contributed by atoms with Gasteiger partial charge in [-0.25, -0.2) is 0 Å². The van der Waals surface area contributed by atoms with Crippen LogP contribution in [0.25, 0.3) is 0 Å². The van der Waals surface area contributed by atoms with E-state index in [-0.39, 0.29) is 11.4 Å². The van der Waals surface area contributed by atoms with E-state index < -0.39 is 0 Å². The molecule has 26 heavy (non-hydrogen) atoms. The Balaban J connectivity index is 2.05. The lowest BCUT2D eigenvalue weighted by Gasteiger charge is -2.21. The molecule has 0 saturated heterocycles. The van der Waals surface area contributed by atoms with Crippen LogP contribution in [0.4, 0.5) is 5.69 Å². The lowest BCUT2D eigenvalue weighted by atomic mass is 10.0. The van der Waals surface area contributed by atoms with Crippen molar-refractivity contribution in [2.75, 3.05) is 18.5 Å². The Bertz CT molecular complexity index is 953. The van der Waals surface area contributed by atoms with Crippen molar-refractivity contribution < 1.29 is 14.3 Å². The van der Waals surface area contributed by atoms with E-state index in [0.717, 1.165) is 4.47 Å². The summed E-state index contributed by atoms with van der Waals surface area (Å²) in [5.74, 6) is 0.753. The third-order valence-corrected chi connectivity index (χ3v) is 4.17. The standard InChI is InChI=1S/C19H12BrN3O3/c20-14-3-1-13(2-4-14)19(24)15-7-17-18(26-6-5-25-17)8-16(15)23-11-12(9-21)10-22/h1-4,7-8,11,23H,5-6H2. The summed E-state index contributed by atoms with van der Waals surface area (Å²) in [7, 11) is 0. The van der Waals surface area contributed by atoms with Gasteiger partial charge in [0, 0.05) is 27.9 Å². The van der Waals surface area contributed by atoms with Crippen LogP contribution in [-0.2, 0) is 0 Å². The van der Waals surface area contributed by atoms with Gasteiger partial charge < -0.3 is 14.8 Å². The molecule has 3 rings (SSSR count). The first-order valence-corrected chi connectivity index (χ1v) is 8.42. The number of carbonyl (C=O) groups excluding carboxylic acids is 1. The lowest BCUT2D eigenvalue weighted by molar-refractivity contribution is 0.103. The van der Waals surface area contributed by atoms with Crippen molar-refractivity contribution in [1.82, 2.24) is 0 Å². The van der Waals surface area contributed by atoms with Crippen molar-refractivity contribution in [3.05, 3.63) is 63.8 Å². The zero-order chi connectivity index (χ0) is 18.5. The minimum atomic E-state index is -0.221. The second-order valence-electron chi connectivity index (χ2n) is 5.30. The molecule has 6 nitrogen and oxygen atoms in total. The van der Waals surface area contributed by atoms with E-state index in [4.69, 9.17) is 20.0 Å². The summed E-state index contributed by atoms with van der Waals surface area (Å²) in [6, 6.07) is 13.7. The number of hydrogen-bond donors (Lipinski definition) is 1. The molecule has 1 aliphatic heterocycles.